The SMILES string of the molecule is CC1CN(C(=O)[C@H]2C[C@H]3OCC[C@H]3N(C(=O)c3cc4n(n3)CCNC4=O)C2)CCC1(O)C(F)(F)F. The van der Waals surface area contributed by atoms with Crippen LogP contribution in [0.3, 0.4) is 0 Å². The highest BCUT2D eigenvalue weighted by Gasteiger charge is 2.59. The lowest BCUT2D eigenvalue weighted by Crippen LogP contribution is -2.61. The number of amides is 3. The van der Waals surface area contributed by atoms with E-state index in [-0.39, 0.29) is 49.3 Å². The Bertz CT molecular complexity index is 1050. The van der Waals surface area contributed by atoms with Crippen molar-refractivity contribution in [3.05, 3.63) is 17.5 Å². The summed E-state index contributed by atoms with van der Waals surface area (Å²) >= 11 is 0. The maximum absolute atomic E-state index is 13.4. The topological polar surface area (TPSA) is 117 Å². The van der Waals surface area contributed by atoms with Crippen molar-refractivity contribution >= 4 is 17.7 Å². The van der Waals surface area contributed by atoms with E-state index in [1.165, 1.54) is 22.6 Å². The van der Waals surface area contributed by atoms with E-state index < -0.39 is 35.9 Å². The maximum Gasteiger partial charge on any atom is 0.417 e. The highest BCUT2D eigenvalue weighted by molar-refractivity contribution is 5.98. The Kier molecular flexibility index (Phi) is 5.82. The molecule has 5 rings (SSSR count). The first-order valence-electron chi connectivity index (χ1n) is 11.9. The van der Waals surface area contributed by atoms with Gasteiger partial charge in [0.05, 0.1) is 24.6 Å². The second-order valence-corrected chi connectivity index (χ2v) is 9.91. The number of halogens is 3. The number of carbonyl (C=O) groups is 3. The average molecular weight is 499 g/mol. The predicted octanol–water partition coefficient (Wildman–Crippen LogP) is 0.408. The van der Waals surface area contributed by atoms with Crippen LogP contribution in [0.25, 0.3) is 0 Å². The molecule has 1 aromatic rings. The molecule has 0 spiro atoms. The lowest BCUT2D eigenvalue weighted by molar-refractivity contribution is -0.289. The molecule has 35 heavy (non-hydrogen) atoms. The minimum Gasteiger partial charge on any atom is -0.380 e. The van der Waals surface area contributed by atoms with Gasteiger partial charge in [0, 0.05) is 51.2 Å². The third-order valence-corrected chi connectivity index (χ3v) is 7.83. The van der Waals surface area contributed by atoms with Gasteiger partial charge in [-0.15, -0.1) is 0 Å². The number of hydrogen-bond acceptors (Lipinski definition) is 6. The summed E-state index contributed by atoms with van der Waals surface area (Å²) in [5.41, 5.74) is -2.43. The molecular weight excluding hydrogens is 471 g/mol. The third-order valence-electron chi connectivity index (χ3n) is 7.83. The number of alkyl halides is 3. The summed E-state index contributed by atoms with van der Waals surface area (Å²) in [4.78, 5) is 41.8. The van der Waals surface area contributed by atoms with Gasteiger partial charge in [-0.1, -0.05) is 6.92 Å². The molecule has 2 unspecified atom stereocenters. The Balaban J connectivity index is 1.33. The van der Waals surface area contributed by atoms with Gasteiger partial charge >= 0.3 is 6.18 Å². The van der Waals surface area contributed by atoms with Crippen LogP contribution in [0.1, 0.15) is 47.2 Å². The molecule has 0 radical (unpaired) electrons. The van der Waals surface area contributed by atoms with Crippen LogP contribution < -0.4 is 5.32 Å². The lowest BCUT2D eigenvalue weighted by Gasteiger charge is -2.46. The molecule has 0 bridgehead atoms. The lowest BCUT2D eigenvalue weighted by atomic mass is 9.80. The average Bonchev–Trinajstić information content (AvgIpc) is 3.46. The van der Waals surface area contributed by atoms with Crippen LogP contribution in [0.4, 0.5) is 13.2 Å². The van der Waals surface area contributed by atoms with E-state index in [1.807, 2.05) is 0 Å². The molecule has 5 atom stereocenters. The Hall–Kier alpha value is -2.67. The number of piperidine rings is 2. The standard InChI is InChI=1S/C22H28F3N5O5/c1-12-10-28(5-3-21(12,34)22(23,24)25)19(32)13-8-17-15(2-7-35-17)29(11-13)20(33)14-9-16-18(31)26-4-6-30(16)27-14/h9,12-13,15,17,34H,2-8,10-11H2,1H3,(H,26,31)/t12?,13-,15+,17+,21?/m0/s1. The molecule has 0 aliphatic carbocycles. The molecule has 192 valence electrons. The number of rotatable bonds is 2. The molecule has 4 aliphatic rings. The first-order valence-corrected chi connectivity index (χ1v) is 11.9. The van der Waals surface area contributed by atoms with Crippen molar-refractivity contribution in [2.45, 2.75) is 56.7 Å². The van der Waals surface area contributed by atoms with Crippen LogP contribution in [-0.4, -0.2) is 99.1 Å². The zero-order valence-electron chi connectivity index (χ0n) is 19.3. The van der Waals surface area contributed by atoms with Gasteiger partial charge in [0.15, 0.2) is 11.3 Å². The second-order valence-electron chi connectivity index (χ2n) is 9.91. The Morgan fingerprint density at radius 2 is 2.06 bits per heavy atom. The monoisotopic (exact) mass is 499 g/mol. The van der Waals surface area contributed by atoms with Crippen molar-refractivity contribution in [2.24, 2.45) is 11.8 Å². The molecule has 3 saturated heterocycles. The first kappa shape index (κ1) is 24.0. The minimum atomic E-state index is -4.78. The van der Waals surface area contributed by atoms with E-state index >= 15 is 0 Å². The zero-order valence-corrected chi connectivity index (χ0v) is 19.3. The van der Waals surface area contributed by atoms with Crippen LogP contribution in [0.2, 0.25) is 0 Å². The number of nitrogens with zero attached hydrogens (tertiary/aromatic N) is 4. The van der Waals surface area contributed by atoms with Crippen LogP contribution in [0.15, 0.2) is 6.07 Å². The van der Waals surface area contributed by atoms with Crippen molar-refractivity contribution in [1.29, 1.82) is 0 Å². The highest BCUT2D eigenvalue weighted by Crippen LogP contribution is 2.42. The summed E-state index contributed by atoms with van der Waals surface area (Å²) in [5, 5.41) is 17.2. The van der Waals surface area contributed by atoms with E-state index in [0.717, 1.165) is 0 Å². The fraction of sp³-hybridized carbons (Fsp3) is 0.727. The van der Waals surface area contributed by atoms with Crippen LogP contribution >= 0.6 is 0 Å². The predicted molar refractivity (Wildman–Crippen MR) is 113 cm³/mol. The van der Waals surface area contributed by atoms with Gasteiger partial charge < -0.3 is 25.0 Å². The summed E-state index contributed by atoms with van der Waals surface area (Å²) < 4.78 is 47.4. The molecule has 0 saturated carbocycles. The molecule has 1 aromatic heterocycles. The number of aliphatic hydroxyl groups is 1. The van der Waals surface area contributed by atoms with Crippen LogP contribution in [0, 0.1) is 11.8 Å². The summed E-state index contributed by atoms with van der Waals surface area (Å²) in [7, 11) is 0. The molecule has 3 fully saturated rings. The van der Waals surface area contributed by atoms with Crippen molar-refractivity contribution in [3.8, 4) is 0 Å². The fourth-order valence-corrected chi connectivity index (χ4v) is 5.75. The molecule has 13 heteroatoms. The summed E-state index contributed by atoms with van der Waals surface area (Å²) in [6.45, 7) is 2.22. The van der Waals surface area contributed by atoms with Gasteiger partial charge in [-0.2, -0.15) is 18.3 Å². The largest absolute Gasteiger partial charge is 0.417 e. The molecular formula is C22H28F3N5O5. The third kappa shape index (κ3) is 3.98. The molecule has 3 amide bonds. The van der Waals surface area contributed by atoms with Crippen molar-refractivity contribution < 1.29 is 37.4 Å². The van der Waals surface area contributed by atoms with Gasteiger partial charge in [0.25, 0.3) is 11.8 Å². The first-order chi connectivity index (χ1) is 16.5. The summed E-state index contributed by atoms with van der Waals surface area (Å²) in [5.74, 6) is -2.90. The van der Waals surface area contributed by atoms with E-state index in [0.29, 0.717) is 38.2 Å². The van der Waals surface area contributed by atoms with Crippen LogP contribution in [-0.2, 0) is 16.1 Å². The van der Waals surface area contributed by atoms with E-state index in [4.69, 9.17) is 4.74 Å². The maximum atomic E-state index is 13.4. The van der Waals surface area contributed by atoms with Gasteiger partial charge in [-0.3, -0.25) is 19.1 Å². The fourth-order valence-electron chi connectivity index (χ4n) is 5.75. The Labute approximate surface area is 199 Å². The van der Waals surface area contributed by atoms with Crippen molar-refractivity contribution in [1.82, 2.24) is 24.9 Å². The number of fused-ring (bicyclic) bond motifs is 2. The van der Waals surface area contributed by atoms with E-state index in [9.17, 15) is 32.7 Å². The number of carbonyl (C=O) groups excluding carboxylic acids is 3. The van der Waals surface area contributed by atoms with E-state index in [1.54, 1.807) is 4.90 Å². The molecule has 10 nitrogen and oxygen atoms in total. The van der Waals surface area contributed by atoms with E-state index in [2.05, 4.69) is 10.4 Å². The van der Waals surface area contributed by atoms with Crippen molar-refractivity contribution in [2.75, 3.05) is 32.8 Å². The summed E-state index contributed by atoms with van der Waals surface area (Å²) in [6, 6.07) is 1.20. The molecule has 4 aliphatic heterocycles. The Morgan fingerprint density at radius 1 is 1.29 bits per heavy atom. The van der Waals surface area contributed by atoms with Gasteiger partial charge in [-0.05, 0) is 12.8 Å². The number of ether oxygens (including phenoxy) is 1. The molecule has 5 heterocycles. The molecule has 0 aromatic carbocycles. The number of nitrogens with one attached hydrogen (secondary N) is 1. The number of hydrogen-bond donors (Lipinski definition) is 2. The summed E-state index contributed by atoms with van der Waals surface area (Å²) in [6.07, 6.45) is -4.77. The van der Waals surface area contributed by atoms with Gasteiger partial charge in [0.1, 0.15) is 5.69 Å². The zero-order chi connectivity index (χ0) is 25.1. The van der Waals surface area contributed by atoms with Crippen LogP contribution in [0.5, 0.6) is 0 Å². The Morgan fingerprint density at radius 3 is 2.74 bits per heavy atom. The molecule has 2 N–H and O–H groups in total. The number of aromatic nitrogens is 2. The quantitative estimate of drug-likeness (QED) is 0.609. The normalized spacial score (nSPS) is 33.2. The smallest absolute Gasteiger partial charge is 0.380 e. The minimum absolute atomic E-state index is 0.0883. The highest BCUT2D eigenvalue weighted by atomic mass is 19.4. The van der Waals surface area contributed by atoms with Crippen molar-refractivity contribution in [3.63, 3.8) is 0 Å². The number of likely N-dealkylation sites (tertiary alicyclic amines) is 2. The van der Waals surface area contributed by atoms with Gasteiger partial charge in [0.2, 0.25) is 5.91 Å². The second kappa shape index (κ2) is 8.47. The van der Waals surface area contributed by atoms with Gasteiger partial charge in [-0.25, -0.2) is 0 Å².